The number of alkyl halides is 11. The lowest BCUT2D eigenvalue weighted by atomic mass is 9.82. The molecule has 0 rings (SSSR count). The highest BCUT2D eigenvalue weighted by Crippen LogP contribution is 2.57. The van der Waals surface area contributed by atoms with Gasteiger partial charge in [-0.25, -0.2) is 13.6 Å². The normalized spacial score (nSPS) is 17.0. The molecular formula is C10H7F11O3. The van der Waals surface area contributed by atoms with E-state index in [1.807, 2.05) is 0 Å². The molecular weight excluding hydrogens is 377 g/mol. The van der Waals surface area contributed by atoms with Crippen molar-refractivity contribution in [2.75, 3.05) is 0 Å². The number of aliphatic carboxylic acids is 1. The third kappa shape index (κ3) is 3.72. The smallest absolute Gasteiger partial charge is 0.432 e. The molecule has 0 saturated carbocycles. The van der Waals surface area contributed by atoms with E-state index in [2.05, 4.69) is 0 Å². The molecule has 0 bridgehead atoms. The van der Waals surface area contributed by atoms with Gasteiger partial charge in [-0.2, -0.15) is 39.5 Å². The van der Waals surface area contributed by atoms with Crippen LogP contribution in [0.25, 0.3) is 0 Å². The van der Waals surface area contributed by atoms with Crippen LogP contribution in [0.3, 0.4) is 0 Å². The van der Waals surface area contributed by atoms with Crippen LogP contribution in [0.15, 0.2) is 11.6 Å². The number of rotatable bonds is 4. The van der Waals surface area contributed by atoms with E-state index in [1.165, 1.54) is 0 Å². The van der Waals surface area contributed by atoms with E-state index in [0.29, 0.717) is 0 Å². The van der Waals surface area contributed by atoms with Crippen LogP contribution in [-0.4, -0.2) is 46.2 Å². The van der Waals surface area contributed by atoms with E-state index in [9.17, 15) is 53.1 Å². The lowest BCUT2D eigenvalue weighted by Crippen LogP contribution is -2.70. The van der Waals surface area contributed by atoms with Crippen LogP contribution in [0.4, 0.5) is 48.3 Å². The molecule has 0 fully saturated rings. The first-order valence-electron chi connectivity index (χ1n) is 5.43. The number of hydrogen-bond donors (Lipinski definition) is 2. The predicted octanol–water partition coefficient (Wildman–Crippen LogP) is 3.69. The lowest BCUT2D eigenvalue weighted by Gasteiger charge is -2.41. The number of allylic oxidation sites excluding steroid dienone is 1. The Morgan fingerprint density at radius 3 is 1.42 bits per heavy atom. The first kappa shape index (κ1) is 22.4. The minimum atomic E-state index is -7.25. The SMILES string of the molecule is CC(=CC(C(F)(F)F)C(F)(F)C(O)(C(F)(F)F)C(F)(F)F)C(=O)O. The van der Waals surface area contributed by atoms with Crippen LogP contribution in [0.5, 0.6) is 0 Å². The summed E-state index contributed by atoms with van der Waals surface area (Å²) < 4.78 is 139. The molecule has 24 heavy (non-hydrogen) atoms. The molecule has 0 saturated heterocycles. The quantitative estimate of drug-likeness (QED) is 0.574. The zero-order valence-electron chi connectivity index (χ0n) is 11.1. The second kappa shape index (κ2) is 6.04. The van der Waals surface area contributed by atoms with Crippen LogP contribution in [0.1, 0.15) is 6.92 Å². The van der Waals surface area contributed by atoms with Crippen molar-refractivity contribution in [3.63, 3.8) is 0 Å². The van der Waals surface area contributed by atoms with E-state index < -0.39 is 53.6 Å². The topological polar surface area (TPSA) is 57.5 Å². The van der Waals surface area contributed by atoms with Gasteiger partial charge < -0.3 is 10.2 Å². The minimum absolute atomic E-state index is 0.234. The molecule has 0 aliphatic carbocycles. The number of carboxylic acids is 1. The maximum Gasteiger partial charge on any atom is 0.432 e. The Kier molecular flexibility index (Phi) is 5.64. The van der Waals surface area contributed by atoms with E-state index in [1.54, 1.807) is 0 Å². The van der Waals surface area contributed by atoms with Crippen molar-refractivity contribution in [1.29, 1.82) is 0 Å². The number of halogens is 11. The maximum atomic E-state index is 13.6. The highest BCUT2D eigenvalue weighted by Gasteiger charge is 2.85. The molecule has 3 nitrogen and oxygen atoms in total. The molecule has 14 heteroatoms. The number of aliphatic hydroxyl groups is 1. The Hall–Kier alpha value is -1.60. The lowest BCUT2D eigenvalue weighted by molar-refractivity contribution is -0.437. The fourth-order valence-electron chi connectivity index (χ4n) is 1.49. The van der Waals surface area contributed by atoms with E-state index in [4.69, 9.17) is 10.2 Å². The summed E-state index contributed by atoms with van der Waals surface area (Å²) >= 11 is 0. The first-order valence-corrected chi connectivity index (χ1v) is 5.43. The van der Waals surface area contributed by atoms with Crippen molar-refractivity contribution in [2.24, 2.45) is 5.92 Å². The molecule has 0 aliphatic rings. The van der Waals surface area contributed by atoms with Crippen molar-refractivity contribution in [3.8, 4) is 0 Å². The Morgan fingerprint density at radius 1 is 0.875 bits per heavy atom. The average Bonchev–Trinajstić information content (AvgIpc) is 2.29. The van der Waals surface area contributed by atoms with Crippen molar-refractivity contribution in [2.45, 2.75) is 37.0 Å². The van der Waals surface area contributed by atoms with Gasteiger partial charge in [-0.3, -0.25) is 0 Å². The van der Waals surface area contributed by atoms with Crippen molar-refractivity contribution in [3.05, 3.63) is 11.6 Å². The number of carbonyl (C=O) groups is 1. The van der Waals surface area contributed by atoms with Gasteiger partial charge in [0.25, 0.3) is 0 Å². The summed E-state index contributed by atoms with van der Waals surface area (Å²) in [5.41, 5.74) is -8.67. The monoisotopic (exact) mass is 384 g/mol. The second-order valence-corrected chi connectivity index (χ2v) is 4.50. The third-order valence-electron chi connectivity index (χ3n) is 2.80. The van der Waals surface area contributed by atoms with Crippen LogP contribution >= 0.6 is 0 Å². The van der Waals surface area contributed by atoms with Gasteiger partial charge in [0, 0.05) is 5.57 Å². The second-order valence-electron chi connectivity index (χ2n) is 4.50. The van der Waals surface area contributed by atoms with Crippen LogP contribution < -0.4 is 0 Å². The Balaban J connectivity index is 6.66. The minimum Gasteiger partial charge on any atom is -0.478 e. The summed E-state index contributed by atoms with van der Waals surface area (Å²) in [5, 5.41) is 16.8. The van der Waals surface area contributed by atoms with Gasteiger partial charge >= 0.3 is 36.0 Å². The van der Waals surface area contributed by atoms with Gasteiger partial charge in [-0.1, -0.05) is 6.08 Å². The Labute approximate surface area is 125 Å². The molecule has 0 spiro atoms. The molecule has 1 atom stereocenters. The number of hydrogen-bond acceptors (Lipinski definition) is 2. The highest BCUT2D eigenvalue weighted by atomic mass is 19.4. The van der Waals surface area contributed by atoms with E-state index in [-0.39, 0.29) is 6.92 Å². The van der Waals surface area contributed by atoms with Gasteiger partial charge in [-0.15, -0.1) is 0 Å². The average molecular weight is 384 g/mol. The molecule has 0 radical (unpaired) electrons. The third-order valence-corrected chi connectivity index (χ3v) is 2.80. The molecule has 0 aromatic rings. The van der Waals surface area contributed by atoms with Gasteiger partial charge in [0.15, 0.2) is 0 Å². The fourth-order valence-corrected chi connectivity index (χ4v) is 1.49. The molecule has 0 aliphatic heterocycles. The van der Waals surface area contributed by atoms with Crippen molar-refractivity contribution in [1.82, 2.24) is 0 Å². The summed E-state index contributed by atoms with van der Waals surface area (Å²) in [6, 6.07) is 0. The van der Waals surface area contributed by atoms with Crippen LogP contribution in [-0.2, 0) is 4.79 Å². The molecule has 0 heterocycles. The van der Waals surface area contributed by atoms with Gasteiger partial charge in [0.2, 0.25) is 0 Å². The first-order chi connectivity index (χ1) is 10.2. The van der Waals surface area contributed by atoms with Crippen molar-refractivity contribution >= 4 is 5.97 Å². The fraction of sp³-hybridized carbons (Fsp3) is 0.700. The molecule has 142 valence electrons. The summed E-state index contributed by atoms with van der Waals surface area (Å²) in [4.78, 5) is 10.3. The maximum absolute atomic E-state index is 13.6. The van der Waals surface area contributed by atoms with Crippen LogP contribution in [0.2, 0.25) is 0 Å². The Morgan fingerprint density at radius 2 is 1.21 bits per heavy atom. The summed E-state index contributed by atoms with van der Waals surface area (Å²) in [6.07, 6.45) is -22.0. The summed E-state index contributed by atoms with van der Waals surface area (Å²) in [6.45, 7) is 0.234. The van der Waals surface area contributed by atoms with Crippen LogP contribution in [0, 0.1) is 5.92 Å². The zero-order valence-corrected chi connectivity index (χ0v) is 11.1. The largest absolute Gasteiger partial charge is 0.478 e. The molecule has 0 amide bonds. The van der Waals surface area contributed by atoms with Gasteiger partial charge in [0.05, 0.1) is 0 Å². The molecule has 0 aromatic heterocycles. The standard InChI is InChI=1S/C10H7F11O3/c1-3(5(22)23)2-4(7(13,14)15)6(11,12)8(24,9(16,17)18)10(19,20)21/h2,4,24H,1H3,(H,22,23). The van der Waals surface area contributed by atoms with Gasteiger partial charge in [0.1, 0.15) is 5.92 Å². The summed E-state index contributed by atoms with van der Waals surface area (Å²) in [5.74, 6) is -14.1. The van der Waals surface area contributed by atoms with E-state index >= 15 is 0 Å². The van der Waals surface area contributed by atoms with E-state index in [0.717, 1.165) is 0 Å². The zero-order chi connectivity index (χ0) is 19.9. The molecule has 1 unspecified atom stereocenters. The highest BCUT2D eigenvalue weighted by molar-refractivity contribution is 5.85. The predicted molar refractivity (Wildman–Crippen MR) is 52.9 cm³/mol. The number of carboxylic acid groups (broad SMARTS) is 1. The summed E-state index contributed by atoms with van der Waals surface area (Å²) in [7, 11) is 0. The van der Waals surface area contributed by atoms with Gasteiger partial charge in [-0.05, 0) is 6.92 Å². The molecule has 2 N–H and O–H groups in total. The molecule has 0 aromatic carbocycles. The van der Waals surface area contributed by atoms with Crippen molar-refractivity contribution < 1.29 is 63.3 Å². The Bertz CT molecular complexity index is 498.